The highest BCUT2D eigenvalue weighted by Crippen LogP contribution is 2.18. The highest BCUT2D eigenvalue weighted by molar-refractivity contribution is 7.11. The van der Waals surface area contributed by atoms with Gasteiger partial charge < -0.3 is 10.3 Å². The van der Waals surface area contributed by atoms with E-state index in [0.717, 1.165) is 13.0 Å². The average Bonchev–Trinajstić information content (AvgIpc) is 2.87. The summed E-state index contributed by atoms with van der Waals surface area (Å²) in [6.45, 7) is 3.78. The van der Waals surface area contributed by atoms with Crippen molar-refractivity contribution < 1.29 is 0 Å². The number of rotatable bonds is 4. The van der Waals surface area contributed by atoms with E-state index in [4.69, 9.17) is 5.73 Å². The van der Waals surface area contributed by atoms with Crippen molar-refractivity contribution in [2.45, 2.75) is 26.4 Å². The lowest BCUT2D eigenvalue weighted by atomic mass is 10.3. The van der Waals surface area contributed by atoms with E-state index in [2.05, 4.69) is 42.1 Å². The molecule has 0 aromatic carbocycles. The molecule has 0 saturated carbocycles. The summed E-state index contributed by atoms with van der Waals surface area (Å²) in [6, 6.07) is 6.51. The van der Waals surface area contributed by atoms with Crippen LogP contribution in [0.4, 0.5) is 0 Å². The topological polar surface area (TPSA) is 30.9 Å². The van der Waals surface area contributed by atoms with Gasteiger partial charge >= 0.3 is 0 Å². The highest BCUT2D eigenvalue weighted by atomic mass is 32.1. The van der Waals surface area contributed by atoms with Gasteiger partial charge in [0.25, 0.3) is 0 Å². The summed E-state index contributed by atoms with van der Waals surface area (Å²) in [5, 5.41) is 0. The zero-order valence-electron chi connectivity index (χ0n) is 8.94. The molecule has 0 atom stereocenters. The monoisotopic (exact) mass is 220 g/mol. The Kier molecular flexibility index (Phi) is 3.23. The smallest absolute Gasteiger partial charge is 0.0563 e. The van der Waals surface area contributed by atoms with Gasteiger partial charge in [0, 0.05) is 28.7 Å². The Morgan fingerprint density at radius 1 is 1.27 bits per heavy atom. The molecule has 15 heavy (non-hydrogen) atoms. The van der Waals surface area contributed by atoms with E-state index in [1.807, 2.05) is 11.3 Å². The number of thiophene rings is 1. The third-order valence-electron chi connectivity index (χ3n) is 2.45. The molecule has 2 heterocycles. The molecule has 2 aromatic heterocycles. The largest absolute Gasteiger partial charge is 0.349 e. The molecule has 80 valence electrons. The minimum Gasteiger partial charge on any atom is -0.349 e. The van der Waals surface area contributed by atoms with Crippen LogP contribution in [0.25, 0.3) is 0 Å². The van der Waals surface area contributed by atoms with E-state index < -0.39 is 0 Å². The summed E-state index contributed by atoms with van der Waals surface area (Å²) in [5.41, 5.74) is 6.77. The van der Waals surface area contributed by atoms with Crippen molar-refractivity contribution in [3.05, 3.63) is 45.9 Å². The molecular weight excluding hydrogens is 204 g/mol. The van der Waals surface area contributed by atoms with Crippen LogP contribution in [-0.2, 0) is 19.5 Å². The molecule has 0 aliphatic rings. The molecular formula is C12H16N2S. The van der Waals surface area contributed by atoms with Crippen molar-refractivity contribution in [2.75, 3.05) is 0 Å². The van der Waals surface area contributed by atoms with Gasteiger partial charge in [0.1, 0.15) is 0 Å². The summed E-state index contributed by atoms with van der Waals surface area (Å²) >= 11 is 1.89. The fourth-order valence-corrected chi connectivity index (χ4v) is 2.55. The van der Waals surface area contributed by atoms with Gasteiger partial charge in [-0.05, 0) is 30.2 Å². The van der Waals surface area contributed by atoms with Gasteiger partial charge in [-0.1, -0.05) is 6.92 Å². The Morgan fingerprint density at radius 2 is 2.07 bits per heavy atom. The number of aromatic nitrogens is 1. The Labute approximate surface area is 94.3 Å². The Morgan fingerprint density at radius 3 is 2.67 bits per heavy atom. The van der Waals surface area contributed by atoms with Crippen LogP contribution >= 0.6 is 11.3 Å². The van der Waals surface area contributed by atoms with Crippen molar-refractivity contribution in [1.82, 2.24) is 4.57 Å². The summed E-state index contributed by atoms with van der Waals surface area (Å²) in [6.07, 6.45) is 5.34. The highest BCUT2D eigenvalue weighted by Gasteiger charge is 2.00. The molecule has 2 rings (SSSR count). The Bertz CT molecular complexity index is 388. The molecule has 0 fully saturated rings. The lowest BCUT2D eigenvalue weighted by Crippen LogP contribution is -1.96. The van der Waals surface area contributed by atoms with Crippen LogP contribution in [0, 0.1) is 0 Å². The number of nitrogens with zero attached hydrogens (tertiary/aromatic N) is 1. The molecule has 0 amide bonds. The van der Waals surface area contributed by atoms with E-state index in [1.165, 1.54) is 15.3 Å². The maximum absolute atomic E-state index is 5.57. The normalized spacial score (nSPS) is 10.8. The molecule has 0 aliphatic carbocycles. The second-order valence-corrected chi connectivity index (χ2v) is 4.87. The third kappa shape index (κ3) is 2.49. The van der Waals surface area contributed by atoms with E-state index in [-0.39, 0.29) is 0 Å². The van der Waals surface area contributed by atoms with Crippen LogP contribution in [0.2, 0.25) is 0 Å². The van der Waals surface area contributed by atoms with Gasteiger partial charge in [-0.25, -0.2) is 0 Å². The standard InChI is InChI=1S/C12H16N2S/c1-2-11-3-4-12(15-11)9-14-6-5-10(7-13)8-14/h3-6,8H,2,7,9,13H2,1H3. The quantitative estimate of drug-likeness (QED) is 0.843. The van der Waals surface area contributed by atoms with Gasteiger partial charge in [0.05, 0.1) is 6.54 Å². The van der Waals surface area contributed by atoms with Gasteiger partial charge in [0.15, 0.2) is 0 Å². The Balaban J connectivity index is 2.07. The first-order valence-corrected chi connectivity index (χ1v) is 6.05. The molecule has 0 radical (unpaired) electrons. The maximum atomic E-state index is 5.57. The van der Waals surface area contributed by atoms with E-state index in [0.29, 0.717) is 6.54 Å². The van der Waals surface area contributed by atoms with Crippen molar-refractivity contribution in [3.8, 4) is 0 Å². The average molecular weight is 220 g/mol. The van der Waals surface area contributed by atoms with Crippen LogP contribution in [0.15, 0.2) is 30.6 Å². The SMILES string of the molecule is CCc1ccc(Cn2ccc(CN)c2)s1. The summed E-state index contributed by atoms with van der Waals surface area (Å²) in [7, 11) is 0. The first-order valence-electron chi connectivity index (χ1n) is 5.24. The minimum atomic E-state index is 0.623. The fraction of sp³-hybridized carbons (Fsp3) is 0.333. The van der Waals surface area contributed by atoms with Crippen LogP contribution in [0.1, 0.15) is 22.2 Å². The van der Waals surface area contributed by atoms with Crippen molar-refractivity contribution in [1.29, 1.82) is 0 Å². The molecule has 0 unspecified atom stereocenters. The van der Waals surface area contributed by atoms with Gasteiger partial charge in [0.2, 0.25) is 0 Å². The van der Waals surface area contributed by atoms with Crippen molar-refractivity contribution >= 4 is 11.3 Å². The molecule has 0 spiro atoms. The second-order valence-electron chi connectivity index (χ2n) is 3.62. The van der Waals surface area contributed by atoms with Gasteiger partial charge in [-0.3, -0.25) is 0 Å². The first-order chi connectivity index (χ1) is 7.31. The lowest BCUT2D eigenvalue weighted by Gasteiger charge is -1.98. The molecule has 0 bridgehead atoms. The second kappa shape index (κ2) is 4.64. The van der Waals surface area contributed by atoms with Gasteiger partial charge in [-0.2, -0.15) is 0 Å². The van der Waals surface area contributed by atoms with E-state index in [1.54, 1.807) is 0 Å². The van der Waals surface area contributed by atoms with E-state index >= 15 is 0 Å². The van der Waals surface area contributed by atoms with Crippen LogP contribution in [0.5, 0.6) is 0 Å². The Hall–Kier alpha value is -1.06. The maximum Gasteiger partial charge on any atom is 0.0563 e. The van der Waals surface area contributed by atoms with Crippen molar-refractivity contribution in [2.24, 2.45) is 5.73 Å². The molecule has 3 heteroatoms. The van der Waals surface area contributed by atoms with Crippen LogP contribution in [0.3, 0.4) is 0 Å². The third-order valence-corrected chi connectivity index (χ3v) is 3.67. The predicted molar refractivity (Wildman–Crippen MR) is 65.1 cm³/mol. The molecule has 0 saturated heterocycles. The summed E-state index contributed by atoms with van der Waals surface area (Å²) in [4.78, 5) is 2.86. The van der Waals surface area contributed by atoms with Crippen LogP contribution in [-0.4, -0.2) is 4.57 Å². The zero-order chi connectivity index (χ0) is 10.7. The number of hydrogen-bond acceptors (Lipinski definition) is 2. The summed E-state index contributed by atoms with van der Waals surface area (Å²) in [5.74, 6) is 0. The minimum absolute atomic E-state index is 0.623. The molecule has 2 N–H and O–H groups in total. The zero-order valence-corrected chi connectivity index (χ0v) is 9.76. The van der Waals surface area contributed by atoms with E-state index in [9.17, 15) is 0 Å². The number of nitrogens with two attached hydrogens (primary N) is 1. The fourth-order valence-electron chi connectivity index (χ4n) is 1.59. The lowest BCUT2D eigenvalue weighted by molar-refractivity contribution is 0.814. The van der Waals surface area contributed by atoms with Gasteiger partial charge in [-0.15, -0.1) is 11.3 Å². The van der Waals surface area contributed by atoms with Crippen molar-refractivity contribution in [3.63, 3.8) is 0 Å². The number of aryl methyl sites for hydroxylation is 1. The predicted octanol–water partition coefficient (Wildman–Crippen LogP) is 2.62. The first kappa shape index (κ1) is 10.5. The van der Waals surface area contributed by atoms with Crippen LogP contribution < -0.4 is 5.73 Å². The molecule has 2 aromatic rings. The number of hydrogen-bond donors (Lipinski definition) is 1. The molecule has 2 nitrogen and oxygen atoms in total. The summed E-state index contributed by atoms with van der Waals surface area (Å²) < 4.78 is 2.19. The molecule has 0 aliphatic heterocycles.